The van der Waals surface area contributed by atoms with Gasteiger partial charge in [-0.3, -0.25) is 0 Å². The second kappa shape index (κ2) is 18.3. The first-order valence-corrected chi connectivity index (χ1v) is 27.9. The summed E-state index contributed by atoms with van der Waals surface area (Å²) in [4.78, 5) is 5.16. The molecule has 6 heteroatoms. The van der Waals surface area contributed by atoms with Gasteiger partial charge in [-0.1, -0.05) is 168 Å². The van der Waals surface area contributed by atoms with Gasteiger partial charge in [-0.15, -0.1) is 0 Å². The minimum Gasteiger partial charge on any atom is -0.311 e. The summed E-state index contributed by atoms with van der Waals surface area (Å²) in [6, 6.07) is 70.0. The van der Waals surface area contributed by atoms with E-state index in [2.05, 4.69) is 249 Å². The van der Waals surface area contributed by atoms with Crippen LogP contribution in [0.3, 0.4) is 0 Å². The lowest BCUT2D eigenvalue weighted by atomic mass is 9.33. The number of hydrogen-bond donors (Lipinski definition) is 0. The molecule has 0 saturated carbocycles. The number of fused-ring (bicyclic) bond motifs is 7. The number of hydrogen-bond acceptors (Lipinski definition) is 4. The first-order chi connectivity index (χ1) is 37.5. The molecule has 0 spiro atoms. The third-order valence-electron chi connectivity index (χ3n) is 16.7. The smallest absolute Gasteiger partial charge is 0.252 e. The minimum absolute atomic E-state index is 0.0307. The summed E-state index contributed by atoms with van der Waals surface area (Å²) in [5.41, 5.74) is 24.7. The van der Waals surface area contributed by atoms with Crippen molar-refractivity contribution >= 4 is 79.0 Å². The third kappa shape index (κ3) is 8.61. The number of para-hydroxylation sites is 3. The lowest BCUT2D eigenvalue weighted by molar-refractivity contribution is 0.568. The van der Waals surface area contributed by atoms with Crippen LogP contribution in [0.5, 0.6) is 0 Å². The molecule has 1 aromatic heterocycles. The Morgan fingerprint density at radius 2 is 0.899 bits per heavy atom. The first kappa shape index (κ1) is 51.2. The molecule has 79 heavy (non-hydrogen) atoms. The molecule has 9 aromatic carbocycles. The summed E-state index contributed by atoms with van der Waals surface area (Å²) in [6.45, 7) is 29.9. The van der Waals surface area contributed by atoms with Crippen LogP contribution in [0.15, 0.2) is 176 Å². The molecule has 2 aliphatic rings. The maximum absolute atomic E-state index is 10.5. The number of aromatic nitrogens is 1. The van der Waals surface area contributed by atoms with E-state index in [1.165, 1.54) is 61.4 Å². The fourth-order valence-electron chi connectivity index (χ4n) is 12.2. The van der Waals surface area contributed by atoms with Crippen molar-refractivity contribution in [1.29, 1.82) is 10.5 Å². The van der Waals surface area contributed by atoms with Crippen molar-refractivity contribution in [2.75, 3.05) is 9.80 Å². The van der Waals surface area contributed by atoms with E-state index in [1.807, 2.05) is 43.3 Å². The third-order valence-corrected chi connectivity index (χ3v) is 16.7. The second-order valence-corrected chi connectivity index (χ2v) is 26.3. The quantitative estimate of drug-likeness (QED) is 0.161. The van der Waals surface area contributed by atoms with E-state index in [1.54, 1.807) is 0 Å². The van der Waals surface area contributed by atoms with Crippen molar-refractivity contribution in [3.05, 3.63) is 215 Å². The molecule has 12 rings (SSSR count). The molecule has 0 fully saturated rings. The highest BCUT2D eigenvalue weighted by atomic mass is 15.2. The fraction of sp³-hybridized carbons (Fsp3) is 0.233. The van der Waals surface area contributed by atoms with Gasteiger partial charge in [0.25, 0.3) is 6.71 Å². The molecular weight excluding hydrogens is 958 g/mol. The number of aryl methyl sites for hydroxylation is 1. The molecule has 0 atom stereocenters. The largest absolute Gasteiger partial charge is 0.311 e. The lowest BCUT2D eigenvalue weighted by Gasteiger charge is -2.45. The predicted octanol–water partition coefficient (Wildman–Crippen LogP) is 17.4. The highest BCUT2D eigenvalue weighted by Gasteiger charge is 2.44. The van der Waals surface area contributed by atoms with Gasteiger partial charge in [0.2, 0.25) is 0 Å². The van der Waals surface area contributed by atoms with Crippen LogP contribution in [0.2, 0.25) is 0 Å². The summed E-state index contributed by atoms with van der Waals surface area (Å²) in [6.07, 6.45) is 0. The maximum atomic E-state index is 10.5. The summed E-state index contributed by atoms with van der Waals surface area (Å²) >= 11 is 0. The highest BCUT2D eigenvalue weighted by molar-refractivity contribution is 7.00. The Morgan fingerprint density at radius 1 is 0.392 bits per heavy atom. The van der Waals surface area contributed by atoms with Gasteiger partial charge >= 0.3 is 0 Å². The molecule has 5 nitrogen and oxygen atoms in total. The second-order valence-electron chi connectivity index (χ2n) is 26.3. The first-order valence-electron chi connectivity index (χ1n) is 27.9. The van der Waals surface area contributed by atoms with Crippen molar-refractivity contribution in [3.8, 4) is 40.1 Å². The molecule has 0 saturated heterocycles. The van der Waals surface area contributed by atoms with Crippen LogP contribution in [-0.4, -0.2) is 11.3 Å². The maximum Gasteiger partial charge on any atom is 0.252 e. The number of anilines is 6. The van der Waals surface area contributed by atoms with Gasteiger partial charge in [0.1, 0.15) is 0 Å². The Hall–Kier alpha value is -8.58. The summed E-state index contributed by atoms with van der Waals surface area (Å²) < 4.78 is 2.31. The van der Waals surface area contributed by atoms with Gasteiger partial charge in [0, 0.05) is 56.0 Å². The Bertz CT molecular complexity index is 4030. The molecule has 0 aliphatic carbocycles. The van der Waals surface area contributed by atoms with Crippen LogP contribution in [0.4, 0.5) is 34.1 Å². The van der Waals surface area contributed by atoms with Crippen LogP contribution < -0.4 is 26.2 Å². The van der Waals surface area contributed by atoms with E-state index in [9.17, 15) is 10.5 Å². The normalized spacial score (nSPS) is 13.3. The zero-order chi connectivity index (χ0) is 55.7. The SMILES string of the molecule is Cc1ccc(-c2cc(C#N)ccc2-n2c3ccccc3c3cc(-c4cc5c6c(c4)N(c4cc(C(C)(C)C)cc(C(C)(C)C)c4)c4ccccc4B6c4ccccc4N5c4cc(C(C)(C)C)cc(C(C)(C)C)c4)ccc32)c(C#N)c1. The zero-order valence-corrected chi connectivity index (χ0v) is 48.1. The predicted molar refractivity (Wildman–Crippen MR) is 335 cm³/mol. The zero-order valence-electron chi connectivity index (χ0n) is 48.1. The molecule has 0 bridgehead atoms. The molecule has 3 heterocycles. The molecule has 10 aromatic rings. The number of rotatable bonds is 5. The van der Waals surface area contributed by atoms with Crippen LogP contribution in [0.1, 0.15) is 122 Å². The van der Waals surface area contributed by atoms with Gasteiger partial charge in [-0.25, -0.2) is 0 Å². The molecule has 388 valence electrons. The Kier molecular flexibility index (Phi) is 11.8. The standard InChI is InChI=1S/C73H68BN5/c1-45-26-29-56(49(32-45)44-76)58-33-46(43-75)27-30-63(58)79-62-23-17-14-20-57(62)59-34-47(28-31-64(59)79)48-35-67-69-68(36-48)78(55-41-52(72(8,9)10)38-53(42-55)73(11,12)13)66-25-19-16-22-61(66)74(69)60-21-15-18-24-65(60)77(67)54-39-50(70(2,3)4)37-51(40-54)71(5,6)7/h14-42H,1-13H3. The topological polar surface area (TPSA) is 59.0 Å². The summed E-state index contributed by atoms with van der Waals surface area (Å²) in [5.74, 6) is 0. The minimum atomic E-state index is -0.0983. The van der Waals surface area contributed by atoms with Crippen molar-refractivity contribution < 1.29 is 0 Å². The molecule has 0 radical (unpaired) electrons. The molecule has 0 unspecified atom stereocenters. The molecule has 2 aliphatic heterocycles. The average molecular weight is 1030 g/mol. The number of nitrogens with zero attached hydrogens (tertiary/aromatic N) is 5. The van der Waals surface area contributed by atoms with E-state index >= 15 is 0 Å². The monoisotopic (exact) mass is 1030 g/mol. The van der Waals surface area contributed by atoms with E-state index < -0.39 is 0 Å². The van der Waals surface area contributed by atoms with Crippen LogP contribution in [0, 0.1) is 29.6 Å². The number of benzene rings is 9. The van der Waals surface area contributed by atoms with Gasteiger partial charge in [0.15, 0.2) is 0 Å². The van der Waals surface area contributed by atoms with E-state index in [0.29, 0.717) is 11.1 Å². The van der Waals surface area contributed by atoms with Crippen molar-refractivity contribution in [2.45, 2.75) is 112 Å². The molecular formula is C73H68BN5. The van der Waals surface area contributed by atoms with Gasteiger partial charge in [-0.2, -0.15) is 10.5 Å². The van der Waals surface area contributed by atoms with Crippen molar-refractivity contribution in [3.63, 3.8) is 0 Å². The Morgan fingerprint density at radius 3 is 1.42 bits per heavy atom. The van der Waals surface area contributed by atoms with E-state index in [-0.39, 0.29) is 28.4 Å². The number of nitriles is 2. The average Bonchev–Trinajstić information content (AvgIpc) is 3.56. The lowest BCUT2D eigenvalue weighted by Crippen LogP contribution is -2.61. The van der Waals surface area contributed by atoms with E-state index in [0.717, 1.165) is 66.7 Å². The highest BCUT2D eigenvalue weighted by Crippen LogP contribution is 2.49. The summed E-state index contributed by atoms with van der Waals surface area (Å²) in [7, 11) is 0. The van der Waals surface area contributed by atoms with Gasteiger partial charge in [-0.05, 0) is 175 Å². The van der Waals surface area contributed by atoms with Crippen LogP contribution in [0.25, 0.3) is 49.7 Å². The van der Waals surface area contributed by atoms with Gasteiger partial charge in [0.05, 0.1) is 40.0 Å². The Labute approximate surface area is 468 Å². The van der Waals surface area contributed by atoms with Crippen LogP contribution >= 0.6 is 0 Å². The Balaban J connectivity index is 1.18. The molecule has 0 N–H and O–H groups in total. The summed E-state index contributed by atoms with van der Waals surface area (Å²) in [5, 5.41) is 22.9. The fourth-order valence-corrected chi connectivity index (χ4v) is 12.2. The van der Waals surface area contributed by atoms with E-state index in [4.69, 9.17) is 0 Å². The van der Waals surface area contributed by atoms with Gasteiger partial charge < -0.3 is 14.4 Å². The van der Waals surface area contributed by atoms with Crippen LogP contribution in [-0.2, 0) is 21.7 Å². The molecule has 0 amide bonds. The van der Waals surface area contributed by atoms with Crippen molar-refractivity contribution in [1.82, 2.24) is 4.57 Å². The van der Waals surface area contributed by atoms with Crippen molar-refractivity contribution in [2.24, 2.45) is 0 Å².